The van der Waals surface area contributed by atoms with Gasteiger partial charge in [0.05, 0.1) is 10.7 Å². The first-order valence-electron chi connectivity index (χ1n) is 8.04. The maximum atomic E-state index is 6.39. The molecule has 3 nitrogen and oxygen atoms in total. The van der Waals surface area contributed by atoms with Gasteiger partial charge >= 0.3 is 0 Å². The molecule has 23 heavy (non-hydrogen) atoms. The number of hydrogen-bond donors (Lipinski definition) is 2. The van der Waals surface area contributed by atoms with Gasteiger partial charge < -0.3 is 10.7 Å². The molecule has 4 heteroatoms. The molecule has 0 saturated carbocycles. The highest BCUT2D eigenvalue weighted by molar-refractivity contribution is 6.33. The fourth-order valence-corrected chi connectivity index (χ4v) is 3.40. The second-order valence-corrected chi connectivity index (χ2v) is 6.47. The van der Waals surface area contributed by atoms with Crippen LogP contribution in [0.15, 0.2) is 30.5 Å². The number of pyridine rings is 1. The minimum Gasteiger partial charge on any atom is -0.353 e. The Hall–Kier alpha value is -1.84. The van der Waals surface area contributed by atoms with E-state index in [-0.39, 0.29) is 0 Å². The highest BCUT2D eigenvalue weighted by Gasteiger charge is 2.17. The van der Waals surface area contributed by atoms with Crippen molar-refractivity contribution in [3.63, 3.8) is 0 Å². The number of hydrogen-bond acceptors (Lipinski definition) is 2. The summed E-state index contributed by atoms with van der Waals surface area (Å²) in [5, 5.41) is 1.95. The first kappa shape index (κ1) is 16.0. The van der Waals surface area contributed by atoms with Crippen molar-refractivity contribution >= 4 is 22.5 Å². The van der Waals surface area contributed by atoms with Gasteiger partial charge in [0.15, 0.2) is 0 Å². The van der Waals surface area contributed by atoms with Crippen LogP contribution in [0.5, 0.6) is 0 Å². The summed E-state index contributed by atoms with van der Waals surface area (Å²) in [5.41, 5.74) is 12.5. The lowest BCUT2D eigenvalue weighted by molar-refractivity contribution is 0.748. The van der Waals surface area contributed by atoms with Crippen molar-refractivity contribution in [1.29, 1.82) is 0 Å². The zero-order chi connectivity index (χ0) is 16.4. The molecule has 0 bridgehead atoms. The molecular weight excluding hydrogens is 306 g/mol. The first-order chi connectivity index (χ1) is 11.1. The summed E-state index contributed by atoms with van der Waals surface area (Å²) in [4.78, 5) is 8.06. The Morgan fingerprint density at radius 2 is 2.04 bits per heavy atom. The van der Waals surface area contributed by atoms with Crippen molar-refractivity contribution in [3.05, 3.63) is 52.2 Å². The van der Waals surface area contributed by atoms with Gasteiger partial charge in [-0.15, -0.1) is 0 Å². The third kappa shape index (κ3) is 3.12. The lowest BCUT2D eigenvalue weighted by Gasteiger charge is -2.06. The van der Waals surface area contributed by atoms with Gasteiger partial charge in [-0.25, -0.2) is 0 Å². The number of H-pyrrole nitrogens is 1. The van der Waals surface area contributed by atoms with Gasteiger partial charge in [-0.05, 0) is 69.0 Å². The van der Waals surface area contributed by atoms with Crippen molar-refractivity contribution in [1.82, 2.24) is 9.97 Å². The molecular formula is C19H22ClN3. The predicted molar refractivity (Wildman–Crippen MR) is 98.0 cm³/mol. The van der Waals surface area contributed by atoms with Crippen molar-refractivity contribution in [2.24, 2.45) is 5.73 Å². The summed E-state index contributed by atoms with van der Waals surface area (Å²) >= 11 is 6.39. The summed E-state index contributed by atoms with van der Waals surface area (Å²) in [5.74, 6) is 0. The lowest BCUT2D eigenvalue weighted by Crippen LogP contribution is -1.99. The van der Waals surface area contributed by atoms with Crippen molar-refractivity contribution in [2.45, 2.75) is 33.1 Å². The van der Waals surface area contributed by atoms with Crippen LogP contribution in [0.25, 0.3) is 22.3 Å². The zero-order valence-corrected chi connectivity index (χ0v) is 14.4. The standard InChI is InChI=1S/C19H22ClN3/c1-12-10-13(2)17-15(11-12)14(6-3-4-8-21)18(23-17)19-16(20)7-5-9-22-19/h5,7,9-11,23H,3-4,6,8,21H2,1-2H3. The van der Waals surface area contributed by atoms with E-state index in [0.29, 0.717) is 5.02 Å². The monoisotopic (exact) mass is 327 g/mol. The summed E-state index contributed by atoms with van der Waals surface area (Å²) in [6.07, 6.45) is 4.84. The van der Waals surface area contributed by atoms with Gasteiger partial charge in [-0.3, -0.25) is 4.98 Å². The Morgan fingerprint density at radius 3 is 2.78 bits per heavy atom. The number of fused-ring (bicyclic) bond motifs is 1. The number of rotatable bonds is 5. The molecule has 3 rings (SSSR count). The summed E-state index contributed by atoms with van der Waals surface area (Å²) in [7, 11) is 0. The van der Waals surface area contributed by atoms with E-state index in [2.05, 4.69) is 35.9 Å². The van der Waals surface area contributed by atoms with Gasteiger partial charge in [0.2, 0.25) is 0 Å². The SMILES string of the molecule is Cc1cc(C)c2[nH]c(-c3ncccc3Cl)c(CCCCN)c2c1. The molecule has 0 amide bonds. The quantitative estimate of drug-likeness (QED) is 0.662. The van der Waals surface area contributed by atoms with E-state index < -0.39 is 0 Å². The van der Waals surface area contributed by atoms with Crippen molar-refractivity contribution < 1.29 is 0 Å². The summed E-state index contributed by atoms with van der Waals surface area (Å²) in [6, 6.07) is 8.19. The van der Waals surface area contributed by atoms with E-state index in [4.69, 9.17) is 17.3 Å². The van der Waals surface area contributed by atoms with Crippen LogP contribution in [0, 0.1) is 13.8 Å². The van der Waals surface area contributed by atoms with Crippen LogP contribution in [0.1, 0.15) is 29.5 Å². The van der Waals surface area contributed by atoms with E-state index in [1.807, 2.05) is 12.1 Å². The summed E-state index contributed by atoms with van der Waals surface area (Å²) in [6.45, 7) is 5.00. The molecule has 1 aromatic carbocycles. The van der Waals surface area contributed by atoms with E-state index in [1.54, 1.807) is 6.20 Å². The minimum absolute atomic E-state index is 0.675. The van der Waals surface area contributed by atoms with Gasteiger partial charge in [0, 0.05) is 17.1 Å². The van der Waals surface area contributed by atoms with Crippen LogP contribution >= 0.6 is 11.6 Å². The molecule has 2 aromatic heterocycles. The fraction of sp³-hybridized carbons (Fsp3) is 0.316. The van der Waals surface area contributed by atoms with Gasteiger partial charge in [-0.2, -0.15) is 0 Å². The number of aromatic amines is 1. The normalized spacial score (nSPS) is 11.3. The average molecular weight is 328 g/mol. The topological polar surface area (TPSA) is 54.7 Å². The maximum Gasteiger partial charge on any atom is 0.105 e. The van der Waals surface area contributed by atoms with Gasteiger partial charge in [-0.1, -0.05) is 23.2 Å². The molecule has 0 saturated heterocycles. The molecule has 3 N–H and O–H groups in total. The Morgan fingerprint density at radius 1 is 1.22 bits per heavy atom. The van der Waals surface area contributed by atoms with E-state index in [9.17, 15) is 0 Å². The highest BCUT2D eigenvalue weighted by Crippen LogP contribution is 2.35. The zero-order valence-electron chi connectivity index (χ0n) is 13.6. The van der Waals surface area contributed by atoms with Crippen molar-refractivity contribution in [3.8, 4) is 11.4 Å². The second kappa shape index (κ2) is 6.73. The molecule has 120 valence electrons. The molecule has 0 aliphatic heterocycles. The minimum atomic E-state index is 0.675. The largest absolute Gasteiger partial charge is 0.353 e. The average Bonchev–Trinajstić information content (AvgIpc) is 2.87. The third-order valence-electron chi connectivity index (χ3n) is 4.23. The van der Waals surface area contributed by atoms with Crippen LogP contribution in [0.4, 0.5) is 0 Å². The molecule has 0 radical (unpaired) electrons. The molecule has 3 aromatic rings. The number of nitrogens with two attached hydrogens (primary N) is 1. The van der Waals surface area contributed by atoms with Gasteiger partial charge in [0.1, 0.15) is 5.69 Å². The Labute approximate surface area is 141 Å². The van der Waals surface area contributed by atoms with E-state index in [0.717, 1.165) is 37.2 Å². The Bertz CT molecular complexity index is 836. The van der Waals surface area contributed by atoms with Crippen LogP contribution in [-0.4, -0.2) is 16.5 Å². The predicted octanol–water partition coefficient (Wildman–Crippen LogP) is 4.78. The smallest absolute Gasteiger partial charge is 0.105 e. The number of benzene rings is 1. The number of aryl methyl sites for hydroxylation is 3. The molecule has 0 atom stereocenters. The number of nitrogens with one attached hydrogen (secondary N) is 1. The lowest BCUT2D eigenvalue weighted by atomic mass is 10.00. The Balaban J connectivity index is 2.21. The maximum absolute atomic E-state index is 6.39. The second-order valence-electron chi connectivity index (χ2n) is 6.06. The third-order valence-corrected chi connectivity index (χ3v) is 4.54. The van der Waals surface area contributed by atoms with Crippen LogP contribution in [0.3, 0.4) is 0 Å². The number of halogens is 1. The van der Waals surface area contributed by atoms with Crippen LogP contribution in [-0.2, 0) is 6.42 Å². The van der Waals surface area contributed by atoms with Crippen molar-refractivity contribution in [2.75, 3.05) is 6.54 Å². The molecule has 0 fully saturated rings. The molecule has 0 aliphatic carbocycles. The Kier molecular flexibility index (Phi) is 4.69. The first-order valence-corrected chi connectivity index (χ1v) is 8.42. The molecule has 0 unspecified atom stereocenters. The highest BCUT2D eigenvalue weighted by atomic mass is 35.5. The van der Waals surface area contributed by atoms with Crippen LogP contribution in [0.2, 0.25) is 5.02 Å². The molecule has 2 heterocycles. The van der Waals surface area contributed by atoms with Gasteiger partial charge in [0.25, 0.3) is 0 Å². The van der Waals surface area contributed by atoms with E-state index >= 15 is 0 Å². The number of unbranched alkanes of at least 4 members (excludes halogenated alkanes) is 1. The fourth-order valence-electron chi connectivity index (χ4n) is 3.18. The van der Waals surface area contributed by atoms with E-state index in [1.165, 1.54) is 27.6 Å². The van der Waals surface area contributed by atoms with Crippen LogP contribution < -0.4 is 5.73 Å². The molecule has 0 aliphatic rings. The number of nitrogens with zero attached hydrogens (tertiary/aromatic N) is 1. The molecule has 0 spiro atoms. The summed E-state index contributed by atoms with van der Waals surface area (Å²) < 4.78 is 0. The number of aromatic nitrogens is 2.